The fourth-order valence-corrected chi connectivity index (χ4v) is 2.92. The van der Waals surface area contributed by atoms with Gasteiger partial charge in [-0.05, 0) is 24.2 Å². The fourth-order valence-electron chi connectivity index (χ4n) is 2.92. The highest BCUT2D eigenvalue weighted by Crippen LogP contribution is 2.45. The lowest BCUT2D eigenvalue weighted by molar-refractivity contribution is -0.150. The van der Waals surface area contributed by atoms with E-state index in [4.69, 9.17) is 0 Å². The predicted molar refractivity (Wildman–Crippen MR) is 65.8 cm³/mol. The van der Waals surface area contributed by atoms with Gasteiger partial charge in [0.05, 0.1) is 12.3 Å². The van der Waals surface area contributed by atoms with Gasteiger partial charge in [0.25, 0.3) is 0 Å². The minimum absolute atomic E-state index is 0.0237. The summed E-state index contributed by atoms with van der Waals surface area (Å²) in [6, 6.07) is -0.0482. The first kappa shape index (κ1) is 16.3. The zero-order valence-corrected chi connectivity index (χ0v) is 11.5. The van der Waals surface area contributed by atoms with Gasteiger partial charge in [-0.1, -0.05) is 20.8 Å². The molecule has 0 aliphatic heterocycles. The molecule has 3 nitrogen and oxygen atoms in total. The van der Waals surface area contributed by atoms with E-state index in [0.29, 0.717) is 12.8 Å². The summed E-state index contributed by atoms with van der Waals surface area (Å²) in [6.07, 6.45) is -3.88. The highest BCUT2D eigenvalue weighted by Gasteiger charge is 2.46. The summed E-state index contributed by atoms with van der Waals surface area (Å²) in [4.78, 5) is 11.2. The number of carbonyl (C=O) groups is 1. The monoisotopic (exact) mass is 281 g/mol. The van der Waals surface area contributed by atoms with Gasteiger partial charge in [-0.15, -0.1) is 0 Å². The number of rotatable bonds is 4. The molecule has 3 unspecified atom stereocenters. The van der Waals surface area contributed by atoms with Crippen LogP contribution in [0.4, 0.5) is 13.2 Å². The molecule has 19 heavy (non-hydrogen) atoms. The Morgan fingerprint density at radius 1 is 1.37 bits per heavy atom. The first-order valence-corrected chi connectivity index (χ1v) is 6.58. The van der Waals surface area contributed by atoms with E-state index in [9.17, 15) is 23.1 Å². The summed E-state index contributed by atoms with van der Waals surface area (Å²) < 4.78 is 36.3. The highest BCUT2D eigenvalue weighted by atomic mass is 19.4. The number of aliphatic carboxylic acids is 1. The van der Waals surface area contributed by atoms with Crippen LogP contribution < -0.4 is 5.32 Å². The molecule has 3 atom stereocenters. The third kappa shape index (κ3) is 4.09. The number of hydrogen-bond donors (Lipinski definition) is 2. The third-order valence-electron chi connectivity index (χ3n) is 4.55. The van der Waals surface area contributed by atoms with E-state index in [1.165, 1.54) is 0 Å². The van der Waals surface area contributed by atoms with Crippen LogP contribution in [-0.2, 0) is 4.79 Å². The molecule has 6 heteroatoms. The third-order valence-corrected chi connectivity index (χ3v) is 4.55. The van der Waals surface area contributed by atoms with Crippen LogP contribution in [0.15, 0.2) is 0 Å². The molecule has 1 rings (SSSR count). The molecule has 0 heterocycles. The van der Waals surface area contributed by atoms with Crippen molar-refractivity contribution in [3.63, 3.8) is 0 Å². The number of hydrogen-bond acceptors (Lipinski definition) is 2. The molecule has 0 bridgehead atoms. The molecule has 0 saturated heterocycles. The van der Waals surface area contributed by atoms with Gasteiger partial charge in [0.15, 0.2) is 0 Å². The Balaban J connectivity index is 2.58. The molecule has 1 aliphatic carbocycles. The minimum atomic E-state index is -4.15. The Morgan fingerprint density at radius 2 is 1.95 bits per heavy atom. The van der Waals surface area contributed by atoms with Gasteiger partial charge in [-0.3, -0.25) is 4.79 Å². The SMILES string of the molecule is CC1C(NCCC(F)(F)F)CCC(C(=O)O)C1(C)C. The van der Waals surface area contributed by atoms with Crippen LogP contribution >= 0.6 is 0 Å². The lowest BCUT2D eigenvalue weighted by atomic mass is 9.61. The van der Waals surface area contributed by atoms with Crippen molar-refractivity contribution in [1.82, 2.24) is 5.32 Å². The van der Waals surface area contributed by atoms with Crippen molar-refractivity contribution in [1.29, 1.82) is 0 Å². The minimum Gasteiger partial charge on any atom is -0.481 e. The van der Waals surface area contributed by atoms with E-state index < -0.39 is 29.9 Å². The van der Waals surface area contributed by atoms with Gasteiger partial charge >= 0.3 is 12.1 Å². The van der Waals surface area contributed by atoms with Crippen LogP contribution in [-0.4, -0.2) is 29.8 Å². The van der Waals surface area contributed by atoms with E-state index in [1.54, 1.807) is 0 Å². The van der Waals surface area contributed by atoms with Crippen molar-refractivity contribution in [3.8, 4) is 0 Å². The molecule has 2 N–H and O–H groups in total. The number of carboxylic acids is 1. The molecule has 0 aromatic rings. The number of alkyl halides is 3. The fraction of sp³-hybridized carbons (Fsp3) is 0.923. The second kappa shape index (κ2) is 5.69. The molecular formula is C13H22F3NO2. The summed E-state index contributed by atoms with van der Waals surface area (Å²) in [5, 5.41) is 12.1. The van der Waals surface area contributed by atoms with Crippen molar-refractivity contribution in [2.75, 3.05) is 6.54 Å². The summed E-state index contributed by atoms with van der Waals surface area (Å²) in [5.74, 6) is -1.22. The van der Waals surface area contributed by atoms with Crippen molar-refractivity contribution in [3.05, 3.63) is 0 Å². The summed E-state index contributed by atoms with van der Waals surface area (Å²) >= 11 is 0. The van der Waals surface area contributed by atoms with Gasteiger partial charge in [0.1, 0.15) is 0 Å². The van der Waals surface area contributed by atoms with E-state index in [1.807, 2.05) is 20.8 Å². The maximum atomic E-state index is 12.1. The standard InChI is InChI=1S/C13H22F3NO2/c1-8-10(17-7-6-13(14,15)16)5-4-9(11(18)19)12(8,2)3/h8-10,17H,4-7H2,1-3H3,(H,18,19). The van der Waals surface area contributed by atoms with E-state index in [0.717, 1.165) is 0 Å². The highest BCUT2D eigenvalue weighted by molar-refractivity contribution is 5.71. The molecule has 0 spiro atoms. The largest absolute Gasteiger partial charge is 0.481 e. The smallest absolute Gasteiger partial charge is 0.390 e. The lowest BCUT2D eigenvalue weighted by Gasteiger charge is -2.46. The van der Waals surface area contributed by atoms with Gasteiger partial charge in [-0.2, -0.15) is 13.2 Å². The molecule has 0 amide bonds. The molecule has 0 aromatic heterocycles. The summed E-state index contributed by atoms with van der Waals surface area (Å²) in [7, 11) is 0. The van der Waals surface area contributed by atoms with Gasteiger partial charge in [0, 0.05) is 12.6 Å². The lowest BCUT2D eigenvalue weighted by Crippen LogP contribution is -2.51. The molecule has 0 radical (unpaired) electrons. The molecule has 112 valence electrons. The Hall–Kier alpha value is -0.780. The zero-order chi connectivity index (χ0) is 14.8. The molecule has 1 aliphatic rings. The van der Waals surface area contributed by atoms with Crippen LogP contribution in [0.1, 0.15) is 40.0 Å². The number of carboxylic acid groups (broad SMARTS) is 1. The second-order valence-corrected chi connectivity index (χ2v) is 6.00. The predicted octanol–water partition coefficient (Wildman–Crippen LogP) is 3.05. The van der Waals surface area contributed by atoms with Crippen molar-refractivity contribution in [2.45, 2.75) is 52.3 Å². The van der Waals surface area contributed by atoms with E-state index in [2.05, 4.69) is 5.32 Å². The van der Waals surface area contributed by atoms with Crippen molar-refractivity contribution >= 4 is 5.97 Å². The Morgan fingerprint density at radius 3 is 2.42 bits per heavy atom. The van der Waals surface area contributed by atoms with Crippen LogP contribution in [0.5, 0.6) is 0 Å². The topological polar surface area (TPSA) is 49.3 Å². The van der Waals surface area contributed by atoms with E-state index in [-0.39, 0.29) is 18.5 Å². The van der Waals surface area contributed by atoms with Crippen LogP contribution in [0.3, 0.4) is 0 Å². The molecule has 1 saturated carbocycles. The first-order chi connectivity index (χ1) is 8.55. The second-order valence-electron chi connectivity index (χ2n) is 6.00. The maximum absolute atomic E-state index is 12.1. The molecular weight excluding hydrogens is 259 g/mol. The first-order valence-electron chi connectivity index (χ1n) is 6.58. The van der Waals surface area contributed by atoms with Crippen LogP contribution in [0.25, 0.3) is 0 Å². The number of nitrogens with one attached hydrogen (secondary N) is 1. The van der Waals surface area contributed by atoms with Gasteiger partial charge in [0.2, 0.25) is 0 Å². The average molecular weight is 281 g/mol. The molecule has 0 aromatic carbocycles. The van der Waals surface area contributed by atoms with Crippen LogP contribution in [0.2, 0.25) is 0 Å². The van der Waals surface area contributed by atoms with Gasteiger partial charge < -0.3 is 10.4 Å². The van der Waals surface area contributed by atoms with E-state index >= 15 is 0 Å². The Bertz CT molecular complexity index is 328. The zero-order valence-electron chi connectivity index (χ0n) is 11.5. The van der Waals surface area contributed by atoms with Gasteiger partial charge in [-0.25, -0.2) is 0 Å². The summed E-state index contributed by atoms with van der Waals surface area (Å²) in [6.45, 7) is 5.58. The maximum Gasteiger partial charge on any atom is 0.390 e. The average Bonchev–Trinajstić information content (AvgIpc) is 2.22. The van der Waals surface area contributed by atoms with Crippen molar-refractivity contribution < 1.29 is 23.1 Å². The van der Waals surface area contributed by atoms with Crippen LogP contribution in [0, 0.1) is 17.3 Å². The Labute approximate surface area is 111 Å². The number of halogens is 3. The molecule has 1 fully saturated rings. The summed E-state index contributed by atoms with van der Waals surface area (Å²) in [5.41, 5.74) is -0.417. The van der Waals surface area contributed by atoms with Crippen molar-refractivity contribution in [2.24, 2.45) is 17.3 Å². The Kier molecular flexibility index (Phi) is 4.87. The normalized spacial score (nSPS) is 31.2. The quantitative estimate of drug-likeness (QED) is 0.832.